The molecule has 0 N–H and O–H groups in total. The highest BCUT2D eigenvalue weighted by atomic mass is 19.2. The van der Waals surface area contributed by atoms with Crippen molar-refractivity contribution >= 4 is 5.57 Å². The summed E-state index contributed by atoms with van der Waals surface area (Å²) in [5, 5.41) is 0. The molecule has 2 aliphatic carbocycles. The molecule has 1 atom stereocenters. The van der Waals surface area contributed by atoms with Crippen molar-refractivity contribution in [3.8, 4) is 22.3 Å². The fourth-order valence-corrected chi connectivity index (χ4v) is 8.13. The van der Waals surface area contributed by atoms with Gasteiger partial charge in [-0.25, -0.2) is 13.2 Å². The summed E-state index contributed by atoms with van der Waals surface area (Å²) in [5.41, 5.74) is 4.79. The van der Waals surface area contributed by atoms with Crippen molar-refractivity contribution < 1.29 is 13.2 Å². The fraction of sp³-hybridized carbons (Fsp3) is 0.535. The quantitative estimate of drug-likeness (QED) is 0.147. The molecule has 1 fully saturated rings. The van der Waals surface area contributed by atoms with Crippen LogP contribution in [0, 0.1) is 35.2 Å². The van der Waals surface area contributed by atoms with Crippen LogP contribution >= 0.6 is 0 Å². The maximum Gasteiger partial charge on any atom is 0.166 e. The van der Waals surface area contributed by atoms with Crippen molar-refractivity contribution in [3.63, 3.8) is 0 Å². The molecule has 0 nitrogen and oxygen atoms in total. The molecular formula is C43H55F3. The van der Waals surface area contributed by atoms with Gasteiger partial charge in [0, 0.05) is 11.1 Å². The van der Waals surface area contributed by atoms with Crippen LogP contribution in [0.1, 0.15) is 134 Å². The number of aryl methyl sites for hydroxylation is 1. The summed E-state index contributed by atoms with van der Waals surface area (Å²) in [6.07, 6.45) is 23.9. The number of unbranched alkanes of at least 4 members (excludes halogenated alkanes) is 7. The Labute approximate surface area is 276 Å². The smallest absolute Gasteiger partial charge is 0.166 e. The molecule has 0 saturated heterocycles. The fourth-order valence-electron chi connectivity index (χ4n) is 8.13. The van der Waals surface area contributed by atoms with Gasteiger partial charge in [0.25, 0.3) is 0 Å². The second-order valence-corrected chi connectivity index (χ2v) is 14.2. The lowest BCUT2D eigenvalue weighted by Gasteiger charge is -2.35. The van der Waals surface area contributed by atoms with Gasteiger partial charge >= 0.3 is 0 Å². The largest absolute Gasteiger partial charge is 0.206 e. The van der Waals surface area contributed by atoms with Gasteiger partial charge < -0.3 is 0 Å². The molecule has 2 aliphatic rings. The number of hydrogen-bond donors (Lipinski definition) is 0. The molecule has 3 heteroatoms. The maximum atomic E-state index is 15.4. The first-order chi connectivity index (χ1) is 22.5. The molecule has 0 heterocycles. The summed E-state index contributed by atoms with van der Waals surface area (Å²) in [6, 6.07) is 16.1. The molecule has 0 spiro atoms. The standard InChI is InChI=1S/C43H55F3/c1-3-5-6-7-8-9-10-11-13-37-26-29-40(43(46)42(37)45)36-24-22-35(23-25-36)39-28-27-38(30-41(39)44)34-20-18-33(19-21-34)32-16-14-31(12-4-2)15-17-32/h20,22-33H,3-19,21H2,1-2H3. The van der Waals surface area contributed by atoms with Crippen molar-refractivity contribution in [1.29, 1.82) is 0 Å². The Morgan fingerprint density at radius 3 is 1.85 bits per heavy atom. The van der Waals surface area contributed by atoms with Gasteiger partial charge in [-0.1, -0.05) is 139 Å². The Morgan fingerprint density at radius 1 is 0.587 bits per heavy atom. The summed E-state index contributed by atoms with van der Waals surface area (Å²) in [7, 11) is 0. The molecule has 248 valence electrons. The molecule has 0 radical (unpaired) electrons. The molecule has 0 aromatic heterocycles. The molecule has 0 aliphatic heterocycles. The predicted molar refractivity (Wildman–Crippen MR) is 189 cm³/mol. The molecule has 0 amide bonds. The van der Waals surface area contributed by atoms with Gasteiger partial charge in [-0.3, -0.25) is 0 Å². The molecule has 3 aromatic carbocycles. The minimum atomic E-state index is -0.799. The van der Waals surface area contributed by atoms with Crippen LogP contribution in [0.2, 0.25) is 0 Å². The number of rotatable bonds is 15. The van der Waals surface area contributed by atoms with Crippen LogP contribution in [-0.2, 0) is 6.42 Å². The molecule has 46 heavy (non-hydrogen) atoms. The molecular weight excluding hydrogens is 573 g/mol. The van der Waals surface area contributed by atoms with E-state index in [1.165, 1.54) is 82.6 Å². The SMILES string of the molecule is CCCCCCCCCCc1ccc(-c2ccc(-c3ccc(C4=CCC(C5CCC(CCC)CC5)CC4)cc3F)cc2)c(F)c1F. The summed E-state index contributed by atoms with van der Waals surface area (Å²) in [4.78, 5) is 0. The van der Waals surface area contributed by atoms with Crippen molar-refractivity contribution in [1.82, 2.24) is 0 Å². The van der Waals surface area contributed by atoms with Crippen LogP contribution < -0.4 is 0 Å². The highest BCUT2D eigenvalue weighted by Gasteiger charge is 2.28. The van der Waals surface area contributed by atoms with E-state index in [9.17, 15) is 4.39 Å². The van der Waals surface area contributed by atoms with Gasteiger partial charge in [0.05, 0.1) is 0 Å². The second kappa shape index (κ2) is 17.4. The molecule has 1 unspecified atom stereocenters. The summed E-state index contributed by atoms with van der Waals surface area (Å²) >= 11 is 0. The zero-order chi connectivity index (χ0) is 32.3. The van der Waals surface area contributed by atoms with Gasteiger partial charge in [-0.15, -0.1) is 0 Å². The first-order valence-corrected chi connectivity index (χ1v) is 18.5. The lowest BCUT2D eigenvalue weighted by Crippen LogP contribution is -2.23. The first-order valence-electron chi connectivity index (χ1n) is 18.5. The van der Waals surface area contributed by atoms with E-state index < -0.39 is 11.6 Å². The summed E-state index contributed by atoms with van der Waals surface area (Å²) < 4.78 is 45.5. The average Bonchev–Trinajstić information content (AvgIpc) is 3.08. The van der Waals surface area contributed by atoms with Crippen LogP contribution in [0.5, 0.6) is 0 Å². The lowest BCUT2D eigenvalue weighted by atomic mass is 9.70. The molecule has 3 aromatic rings. The van der Waals surface area contributed by atoms with E-state index in [1.807, 2.05) is 12.1 Å². The third kappa shape index (κ3) is 8.96. The number of hydrogen-bond acceptors (Lipinski definition) is 0. The number of benzene rings is 3. The minimum absolute atomic E-state index is 0.245. The van der Waals surface area contributed by atoms with E-state index in [4.69, 9.17) is 0 Å². The van der Waals surface area contributed by atoms with Gasteiger partial charge in [-0.05, 0) is 96.6 Å². The highest BCUT2D eigenvalue weighted by molar-refractivity contribution is 5.74. The van der Waals surface area contributed by atoms with Crippen molar-refractivity contribution in [2.75, 3.05) is 0 Å². The maximum absolute atomic E-state index is 15.4. The third-order valence-electron chi connectivity index (χ3n) is 11.0. The van der Waals surface area contributed by atoms with E-state index in [1.54, 1.807) is 42.5 Å². The second-order valence-electron chi connectivity index (χ2n) is 14.2. The van der Waals surface area contributed by atoms with Gasteiger partial charge in [-0.2, -0.15) is 0 Å². The highest BCUT2D eigenvalue weighted by Crippen LogP contribution is 2.42. The Morgan fingerprint density at radius 2 is 1.22 bits per heavy atom. The van der Waals surface area contributed by atoms with Crippen LogP contribution in [0.3, 0.4) is 0 Å². The number of halogens is 3. The Balaban J connectivity index is 1.16. The Kier molecular flexibility index (Phi) is 13.0. The van der Waals surface area contributed by atoms with Crippen LogP contribution in [-0.4, -0.2) is 0 Å². The first kappa shape index (κ1) is 34.5. The predicted octanol–water partition coefficient (Wildman–Crippen LogP) is 13.9. The molecule has 5 rings (SSSR count). The summed E-state index contributed by atoms with van der Waals surface area (Å²) in [6.45, 7) is 4.52. The van der Waals surface area contributed by atoms with E-state index in [0.717, 1.165) is 61.0 Å². The number of allylic oxidation sites excluding steroid dienone is 2. The van der Waals surface area contributed by atoms with E-state index in [-0.39, 0.29) is 11.4 Å². The Hall–Kier alpha value is -2.81. The van der Waals surface area contributed by atoms with E-state index in [0.29, 0.717) is 23.1 Å². The van der Waals surface area contributed by atoms with Crippen molar-refractivity contribution in [3.05, 3.63) is 89.3 Å². The third-order valence-corrected chi connectivity index (χ3v) is 11.0. The van der Waals surface area contributed by atoms with Crippen molar-refractivity contribution in [2.24, 2.45) is 17.8 Å². The average molecular weight is 629 g/mol. The van der Waals surface area contributed by atoms with Gasteiger partial charge in [0.1, 0.15) is 5.82 Å². The lowest BCUT2D eigenvalue weighted by molar-refractivity contribution is 0.189. The minimum Gasteiger partial charge on any atom is -0.206 e. The van der Waals surface area contributed by atoms with Gasteiger partial charge in [0.15, 0.2) is 11.6 Å². The zero-order valence-electron chi connectivity index (χ0n) is 28.4. The van der Waals surface area contributed by atoms with E-state index in [2.05, 4.69) is 19.9 Å². The zero-order valence-corrected chi connectivity index (χ0v) is 28.4. The van der Waals surface area contributed by atoms with Crippen molar-refractivity contribution in [2.45, 2.75) is 129 Å². The van der Waals surface area contributed by atoms with E-state index >= 15 is 8.78 Å². The Bertz CT molecular complexity index is 1410. The normalized spacial score (nSPS) is 20.1. The molecule has 0 bridgehead atoms. The van der Waals surface area contributed by atoms with Crippen LogP contribution in [0.25, 0.3) is 27.8 Å². The summed E-state index contributed by atoms with van der Waals surface area (Å²) in [5.74, 6) is 0.791. The topological polar surface area (TPSA) is 0 Å². The molecule has 1 saturated carbocycles. The van der Waals surface area contributed by atoms with Gasteiger partial charge in [0.2, 0.25) is 0 Å². The van der Waals surface area contributed by atoms with Crippen LogP contribution in [0.15, 0.2) is 60.7 Å². The van der Waals surface area contributed by atoms with Crippen LogP contribution in [0.4, 0.5) is 13.2 Å². The monoisotopic (exact) mass is 628 g/mol.